The standard InChI is InChI=1S/C20H39N7O/c1-6-19-25-24-15-26(19)11-9-21-20(23-14-18-8-7-13-28-18)22-10-12-27(16(2)3)17(4)5/h15-18H,6-14H2,1-5H3,(H2,21,22,23). The maximum atomic E-state index is 5.71. The largest absolute Gasteiger partial charge is 0.376 e. The molecule has 1 aliphatic heterocycles. The first-order valence-corrected chi connectivity index (χ1v) is 10.8. The summed E-state index contributed by atoms with van der Waals surface area (Å²) < 4.78 is 7.80. The van der Waals surface area contributed by atoms with Gasteiger partial charge in [-0.15, -0.1) is 10.2 Å². The van der Waals surface area contributed by atoms with E-state index >= 15 is 0 Å². The van der Waals surface area contributed by atoms with E-state index in [1.807, 2.05) is 0 Å². The Morgan fingerprint density at radius 3 is 2.68 bits per heavy atom. The van der Waals surface area contributed by atoms with Gasteiger partial charge in [0.25, 0.3) is 0 Å². The summed E-state index contributed by atoms with van der Waals surface area (Å²) in [6.07, 6.45) is 5.18. The second-order valence-corrected chi connectivity index (χ2v) is 7.90. The molecule has 1 fully saturated rings. The van der Waals surface area contributed by atoms with Gasteiger partial charge in [0.1, 0.15) is 12.2 Å². The zero-order chi connectivity index (χ0) is 20.4. The summed E-state index contributed by atoms with van der Waals surface area (Å²) in [5.41, 5.74) is 0. The third-order valence-corrected chi connectivity index (χ3v) is 5.12. The summed E-state index contributed by atoms with van der Waals surface area (Å²) in [6, 6.07) is 1.06. The Bertz CT molecular complexity index is 571. The molecular weight excluding hydrogens is 354 g/mol. The van der Waals surface area contributed by atoms with Crippen LogP contribution in [0.2, 0.25) is 0 Å². The van der Waals surface area contributed by atoms with E-state index in [0.717, 1.165) is 63.8 Å². The molecule has 0 aromatic carbocycles. The van der Waals surface area contributed by atoms with Crippen LogP contribution in [0.15, 0.2) is 11.3 Å². The third kappa shape index (κ3) is 7.39. The summed E-state index contributed by atoms with van der Waals surface area (Å²) in [4.78, 5) is 7.25. The van der Waals surface area contributed by atoms with Gasteiger partial charge in [0.15, 0.2) is 5.96 Å². The third-order valence-electron chi connectivity index (χ3n) is 5.12. The molecule has 1 saturated heterocycles. The molecule has 1 atom stereocenters. The lowest BCUT2D eigenvalue weighted by molar-refractivity contribution is 0.117. The molecular formula is C20H39N7O. The number of nitrogens with zero attached hydrogens (tertiary/aromatic N) is 5. The Hall–Kier alpha value is -1.67. The first-order chi connectivity index (χ1) is 13.5. The van der Waals surface area contributed by atoms with Crippen LogP contribution < -0.4 is 10.6 Å². The maximum absolute atomic E-state index is 5.71. The van der Waals surface area contributed by atoms with Gasteiger partial charge in [-0.1, -0.05) is 6.92 Å². The summed E-state index contributed by atoms with van der Waals surface area (Å²) in [7, 11) is 0. The predicted octanol–water partition coefficient (Wildman–Crippen LogP) is 1.67. The number of aromatic nitrogens is 3. The van der Waals surface area contributed by atoms with E-state index in [-0.39, 0.29) is 6.10 Å². The summed E-state index contributed by atoms with van der Waals surface area (Å²) in [5, 5.41) is 15.1. The van der Waals surface area contributed by atoms with E-state index in [0.29, 0.717) is 18.6 Å². The number of rotatable bonds is 11. The number of guanidine groups is 1. The van der Waals surface area contributed by atoms with E-state index in [9.17, 15) is 0 Å². The molecule has 160 valence electrons. The zero-order valence-electron chi connectivity index (χ0n) is 18.3. The van der Waals surface area contributed by atoms with Crippen molar-refractivity contribution in [2.45, 2.75) is 78.6 Å². The van der Waals surface area contributed by atoms with Crippen LogP contribution in [0.1, 0.15) is 53.3 Å². The minimum absolute atomic E-state index is 0.256. The van der Waals surface area contributed by atoms with Gasteiger partial charge >= 0.3 is 0 Å². The molecule has 1 aromatic heterocycles. The Morgan fingerprint density at radius 1 is 1.29 bits per heavy atom. The molecule has 0 bridgehead atoms. The number of aliphatic imine (C=N–C) groups is 1. The average molecular weight is 394 g/mol. The quantitative estimate of drug-likeness (QED) is 0.440. The lowest BCUT2D eigenvalue weighted by atomic mass is 10.2. The zero-order valence-corrected chi connectivity index (χ0v) is 18.3. The molecule has 0 radical (unpaired) electrons. The van der Waals surface area contributed by atoms with Crippen LogP contribution in [-0.4, -0.2) is 76.6 Å². The normalized spacial score (nSPS) is 17.9. The van der Waals surface area contributed by atoms with Crippen molar-refractivity contribution in [2.24, 2.45) is 4.99 Å². The fourth-order valence-electron chi connectivity index (χ4n) is 3.61. The second kappa shape index (κ2) is 12.0. The lowest BCUT2D eigenvalue weighted by Gasteiger charge is -2.30. The molecule has 2 rings (SSSR count). The van der Waals surface area contributed by atoms with Gasteiger partial charge < -0.3 is 19.9 Å². The molecule has 0 aliphatic carbocycles. The molecule has 1 unspecified atom stereocenters. The Morgan fingerprint density at radius 2 is 2.04 bits per heavy atom. The van der Waals surface area contributed by atoms with Crippen LogP contribution in [0.25, 0.3) is 0 Å². The van der Waals surface area contributed by atoms with Crippen LogP contribution in [0.4, 0.5) is 0 Å². The van der Waals surface area contributed by atoms with Crippen molar-refractivity contribution < 1.29 is 4.74 Å². The van der Waals surface area contributed by atoms with Crippen LogP contribution >= 0.6 is 0 Å². The van der Waals surface area contributed by atoms with Crippen molar-refractivity contribution in [2.75, 3.05) is 32.8 Å². The Labute approximate surface area is 170 Å². The summed E-state index contributed by atoms with van der Waals surface area (Å²) in [6.45, 7) is 16.1. The highest BCUT2D eigenvalue weighted by molar-refractivity contribution is 5.79. The van der Waals surface area contributed by atoms with Crippen molar-refractivity contribution in [3.63, 3.8) is 0 Å². The summed E-state index contributed by atoms with van der Waals surface area (Å²) >= 11 is 0. The molecule has 0 spiro atoms. The first kappa shape index (κ1) is 22.6. The van der Waals surface area contributed by atoms with Crippen LogP contribution in [0.5, 0.6) is 0 Å². The second-order valence-electron chi connectivity index (χ2n) is 7.90. The number of nitrogens with one attached hydrogen (secondary N) is 2. The van der Waals surface area contributed by atoms with E-state index < -0.39 is 0 Å². The van der Waals surface area contributed by atoms with Crippen molar-refractivity contribution in [1.29, 1.82) is 0 Å². The number of ether oxygens (including phenoxy) is 1. The highest BCUT2D eigenvalue weighted by atomic mass is 16.5. The molecule has 8 nitrogen and oxygen atoms in total. The van der Waals surface area contributed by atoms with Crippen molar-refractivity contribution >= 4 is 5.96 Å². The molecule has 1 aromatic rings. The highest BCUT2D eigenvalue weighted by Gasteiger charge is 2.16. The van der Waals surface area contributed by atoms with Gasteiger partial charge in [0, 0.05) is 51.3 Å². The van der Waals surface area contributed by atoms with E-state index in [2.05, 4.69) is 64.9 Å². The van der Waals surface area contributed by atoms with Gasteiger partial charge in [-0.05, 0) is 40.5 Å². The molecule has 0 saturated carbocycles. The van der Waals surface area contributed by atoms with Crippen LogP contribution in [-0.2, 0) is 17.7 Å². The van der Waals surface area contributed by atoms with Gasteiger partial charge in [-0.2, -0.15) is 0 Å². The fraction of sp³-hybridized carbons (Fsp3) is 0.850. The molecule has 2 N–H and O–H groups in total. The number of aryl methyl sites for hydroxylation is 1. The minimum Gasteiger partial charge on any atom is -0.376 e. The van der Waals surface area contributed by atoms with Crippen LogP contribution in [0.3, 0.4) is 0 Å². The Balaban J connectivity index is 1.85. The van der Waals surface area contributed by atoms with Crippen molar-refractivity contribution in [3.8, 4) is 0 Å². The lowest BCUT2D eigenvalue weighted by Crippen LogP contribution is -2.46. The van der Waals surface area contributed by atoms with Gasteiger partial charge in [-0.3, -0.25) is 9.89 Å². The smallest absolute Gasteiger partial charge is 0.191 e. The molecule has 8 heteroatoms. The topological polar surface area (TPSA) is 79.6 Å². The number of hydrogen-bond donors (Lipinski definition) is 2. The molecule has 0 amide bonds. The molecule has 28 heavy (non-hydrogen) atoms. The predicted molar refractivity (Wildman–Crippen MR) is 114 cm³/mol. The van der Waals surface area contributed by atoms with Crippen molar-refractivity contribution in [3.05, 3.63) is 12.2 Å². The SMILES string of the molecule is CCc1nncn1CCNC(=NCC1CCCO1)NCCN(C(C)C)C(C)C. The molecule has 2 heterocycles. The number of hydrogen-bond acceptors (Lipinski definition) is 5. The van der Waals surface area contributed by atoms with E-state index in [1.54, 1.807) is 6.33 Å². The monoisotopic (exact) mass is 393 g/mol. The minimum atomic E-state index is 0.256. The van der Waals surface area contributed by atoms with Gasteiger partial charge in [0.05, 0.1) is 12.6 Å². The Kier molecular flexibility index (Phi) is 9.70. The molecule has 1 aliphatic rings. The summed E-state index contributed by atoms with van der Waals surface area (Å²) in [5.74, 6) is 1.87. The fourth-order valence-corrected chi connectivity index (χ4v) is 3.61. The van der Waals surface area contributed by atoms with E-state index in [1.165, 1.54) is 0 Å². The average Bonchev–Trinajstić information content (AvgIpc) is 3.33. The maximum Gasteiger partial charge on any atom is 0.191 e. The highest BCUT2D eigenvalue weighted by Crippen LogP contribution is 2.11. The first-order valence-electron chi connectivity index (χ1n) is 10.8. The van der Waals surface area contributed by atoms with Crippen molar-refractivity contribution in [1.82, 2.24) is 30.3 Å². The van der Waals surface area contributed by atoms with Gasteiger partial charge in [-0.25, -0.2) is 0 Å². The van der Waals surface area contributed by atoms with E-state index in [4.69, 9.17) is 9.73 Å². The van der Waals surface area contributed by atoms with Gasteiger partial charge in [0.2, 0.25) is 0 Å². The van der Waals surface area contributed by atoms with Crippen LogP contribution in [0, 0.1) is 0 Å².